The van der Waals surface area contributed by atoms with Crippen molar-refractivity contribution in [2.24, 2.45) is 0 Å². The Balaban J connectivity index is 1.75. The van der Waals surface area contributed by atoms with Crippen LogP contribution in [0.3, 0.4) is 0 Å². The average Bonchev–Trinajstić information content (AvgIpc) is 2.94. The van der Waals surface area contributed by atoms with E-state index in [2.05, 4.69) is 36.1 Å². The summed E-state index contributed by atoms with van der Waals surface area (Å²) >= 11 is 0. The van der Waals surface area contributed by atoms with Crippen molar-refractivity contribution in [3.8, 4) is 0 Å². The number of nitrogens with one attached hydrogen (secondary N) is 1. The van der Waals surface area contributed by atoms with Crippen molar-refractivity contribution < 1.29 is 0 Å². The van der Waals surface area contributed by atoms with E-state index in [1.165, 1.54) is 45.3 Å². The van der Waals surface area contributed by atoms with Gasteiger partial charge in [0.25, 0.3) is 0 Å². The van der Waals surface area contributed by atoms with Crippen LogP contribution in [0.5, 0.6) is 0 Å². The van der Waals surface area contributed by atoms with Crippen LogP contribution in [0.1, 0.15) is 32.6 Å². The summed E-state index contributed by atoms with van der Waals surface area (Å²) in [5.74, 6) is 0. The Bertz CT molecular complexity index is 213. The van der Waals surface area contributed by atoms with Crippen molar-refractivity contribution in [1.82, 2.24) is 15.1 Å². The van der Waals surface area contributed by atoms with Gasteiger partial charge in [-0.1, -0.05) is 0 Å². The third-order valence-electron chi connectivity index (χ3n) is 3.84. The van der Waals surface area contributed by atoms with Crippen LogP contribution in [0.2, 0.25) is 0 Å². The van der Waals surface area contributed by atoms with E-state index in [1.54, 1.807) is 0 Å². The molecule has 0 bridgehead atoms. The molecule has 1 heterocycles. The van der Waals surface area contributed by atoms with Gasteiger partial charge in [0.15, 0.2) is 0 Å². The molecule has 2 rings (SSSR count). The molecule has 1 aliphatic heterocycles. The predicted octanol–water partition coefficient (Wildman–Crippen LogP) is 1.15. The van der Waals surface area contributed by atoms with Gasteiger partial charge in [0.2, 0.25) is 0 Å². The Morgan fingerprint density at radius 3 is 2.69 bits per heavy atom. The van der Waals surface area contributed by atoms with Crippen molar-refractivity contribution >= 4 is 0 Å². The van der Waals surface area contributed by atoms with Crippen LogP contribution in [0.15, 0.2) is 0 Å². The van der Waals surface area contributed by atoms with Crippen molar-refractivity contribution in [2.45, 2.75) is 50.7 Å². The molecule has 2 aliphatic rings. The maximum absolute atomic E-state index is 3.65. The molecule has 16 heavy (non-hydrogen) atoms. The lowest BCUT2D eigenvalue weighted by molar-refractivity contribution is 0.159. The normalized spacial score (nSPS) is 28.9. The minimum absolute atomic E-state index is 0.702. The molecule has 0 spiro atoms. The number of likely N-dealkylation sites (N-methyl/N-ethyl adjacent to an activating group) is 1. The summed E-state index contributed by atoms with van der Waals surface area (Å²) in [5, 5.41) is 3.65. The molecule has 0 radical (unpaired) electrons. The van der Waals surface area contributed by atoms with Crippen LogP contribution in [0.25, 0.3) is 0 Å². The minimum Gasteiger partial charge on any atom is -0.312 e. The van der Waals surface area contributed by atoms with Gasteiger partial charge >= 0.3 is 0 Å². The summed E-state index contributed by atoms with van der Waals surface area (Å²) in [6.45, 7) is 6.07. The topological polar surface area (TPSA) is 18.5 Å². The van der Waals surface area contributed by atoms with E-state index in [0.29, 0.717) is 6.04 Å². The van der Waals surface area contributed by atoms with E-state index in [0.717, 1.165) is 12.1 Å². The third-order valence-corrected chi connectivity index (χ3v) is 3.84. The van der Waals surface area contributed by atoms with Gasteiger partial charge in [0.05, 0.1) is 0 Å². The van der Waals surface area contributed by atoms with Crippen LogP contribution in [-0.4, -0.2) is 61.7 Å². The van der Waals surface area contributed by atoms with Crippen LogP contribution < -0.4 is 5.32 Å². The van der Waals surface area contributed by atoms with Gasteiger partial charge in [-0.25, -0.2) is 0 Å². The van der Waals surface area contributed by atoms with E-state index in [4.69, 9.17) is 0 Å². The Morgan fingerprint density at radius 2 is 2.06 bits per heavy atom. The standard InChI is InChI=1S/C13H27N3/c1-11(9-14-12-6-7-12)16-8-4-5-13(16)10-15(2)3/h11-14H,4-10H2,1-3H3. The first-order chi connectivity index (χ1) is 7.66. The number of hydrogen-bond donors (Lipinski definition) is 1. The van der Waals surface area contributed by atoms with E-state index < -0.39 is 0 Å². The maximum Gasteiger partial charge on any atom is 0.0226 e. The van der Waals surface area contributed by atoms with Crippen molar-refractivity contribution in [3.05, 3.63) is 0 Å². The molecule has 2 atom stereocenters. The Kier molecular flexibility index (Phi) is 4.22. The summed E-state index contributed by atoms with van der Waals surface area (Å²) in [6.07, 6.45) is 5.56. The zero-order chi connectivity index (χ0) is 11.5. The van der Waals surface area contributed by atoms with Gasteiger partial charge in [0.1, 0.15) is 0 Å². The molecular weight excluding hydrogens is 198 g/mol. The molecule has 0 amide bonds. The molecule has 2 fully saturated rings. The number of rotatable bonds is 6. The monoisotopic (exact) mass is 225 g/mol. The largest absolute Gasteiger partial charge is 0.312 e. The maximum atomic E-state index is 3.65. The first-order valence-corrected chi connectivity index (χ1v) is 6.80. The van der Waals surface area contributed by atoms with Crippen LogP contribution in [0, 0.1) is 0 Å². The molecule has 1 saturated heterocycles. The lowest BCUT2D eigenvalue weighted by Gasteiger charge is -2.32. The Morgan fingerprint density at radius 1 is 1.31 bits per heavy atom. The quantitative estimate of drug-likeness (QED) is 0.732. The Labute approximate surface area is 100 Å². The molecule has 1 aliphatic carbocycles. The summed E-state index contributed by atoms with van der Waals surface area (Å²) < 4.78 is 0. The number of hydrogen-bond acceptors (Lipinski definition) is 3. The SMILES string of the molecule is CC(CNC1CC1)N1CCCC1CN(C)C. The Hall–Kier alpha value is -0.120. The fourth-order valence-corrected chi connectivity index (χ4v) is 2.80. The molecule has 1 saturated carbocycles. The molecule has 2 unspecified atom stereocenters. The first-order valence-electron chi connectivity index (χ1n) is 6.80. The second kappa shape index (κ2) is 5.48. The fourth-order valence-electron chi connectivity index (χ4n) is 2.80. The minimum atomic E-state index is 0.702. The van der Waals surface area contributed by atoms with E-state index >= 15 is 0 Å². The van der Waals surface area contributed by atoms with E-state index in [-0.39, 0.29) is 0 Å². The third kappa shape index (κ3) is 3.44. The highest BCUT2D eigenvalue weighted by molar-refractivity contribution is 4.88. The van der Waals surface area contributed by atoms with Gasteiger partial charge in [-0.2, -0.15) is 0 Å². The van der Waals surface area contributed by atoms with Crippen LogP contribution in [0.4, 0.5) is 0 Å². The zero-order valence-corrected chi connectivity index (χ0v) is 11.1. The van der Waals surface area contributed by atoms with Gasteiger partial charge in [-0.15, -0.1) is 0 Å². The van der Waals surface area contributed by atoms with Crippen LogP contribution >= 0.6 is 0 Å². The van der Waals surface area contributed by atoms with Gasteiger partial charge in [-0.3, -0.25) is 4.90 Å². The summed E-state index contributed by atoms with van der Waals surface area (Å²) in [4.78, 5) is 5.03. The highest BCUT2D eigenvalue weighted by Gasteiger charge is 2.29. The van der Waals surface area contributed by atoms with E-state index in [1.807, 2.05) is 0 Å². The average molecular weight is 225 g/mol. The first kappa shape index (κ1) is 12.3. The summed E-state index contributed by atoms with van der Waals surface area (Å²) in [5.41, 5.74) is 0. The molecule has 0 aromatic carbocycles. The van der Waals surface area contributed by atoms with Crippen LogP contribution in [-0.2, 0) is 0 Å². The van der Waals surface area contributed by atoms with E-state index in [9.17, 15) is 0 Å². The second-order valence-corrected chi connectivity index (χ2v) is 5.83. The molecule has 0 aromatic heterocycles. The van der Waals surface area contributed by atoms with Gasteiger partial charge in [0, 0.05) is 31.2 Å². The van der Waals surface area contributed by atoms with Gasteiger partial charge in [-0.05, 0) is 53.2 Å². The molecule has 0 aromatic rings. The van der Waals surface area contributed by atoms with Gasteiger partial charge < -0.3 is 10.2 Å². The highest BCUT2D eigenvalue weighted by atomic mass is 15.2. The van der Waals surface area contributed by atoms with Crippen molar-refractivity contribution in [1.29, 1.82) is 0 Å². The number of likely N-dealkylation sites (tertiary alicyclic amines) is 1. The lowest BCUT2D eigenvalue weighted by atomic mass is 10.2. The molecule has 3 heteroatoms. The zero-order valence-electron chi connectivity index (χ0n) is 11.1. The smallest absolute Gasteiger partial charge is 0.0226 e. The van der Waals surface area contributed by atoms with Crippen molar-refractivity contribution in [3.63, 3.8) is 0 Å². The predicted molar refractivity (Wildman–Crippen MR) is 68.8 cm³/mol. The second-order valence-electron chi connectivity index (χ2n) is 5.83. The number of nitrogens with zero attached hydrogens (tertiary/aromatic N) is 2. The molecule has 3 nitrogen and oxygen atoms in total. The fraction of sp³-hybridized carbons (Fsp3) is 1.00. The summed E-state index contributed by atoms with van der Waals surface area (Å²) in [7, 11) is 4.37. The molecular formula is C13H27N3. The summed E-state index contributed by atoms with van der Waals surface area (Å²) in [6, 6.07) is 2.33. The molecule has 1 N–H and O–H groups in total. The highest BCUT2D eigenvalue weighted by Crippen LogP contribution is 2.22. The molecule has 94 valence electrons. The van der Waals surface area contributed by atoms with Crippen molar-refractivity contribution in [2.75, 3.05) is 33.7 Å². The lowest BCUT2D eigenvalue weighted by Crippen LogP contribution is -2.46.